The van der Waals surface area contributed by atoms with Crippen molar-refractivity contribution in [2.75, 3.05) is 65.9 Å². The van der Waals surface area contributed by atoms with Crippen LogP contribution in [0, 0.1) is 5.92 Å². The fourth-order valence-corrected chi connectivity index (χ4v) is 20.1. The van der Waals surface area contributed by atoms with Gasteiger partial charge in [0.1, 0.15) is 13.2 Å². The molecule has 1 spiro atoms. The summed E-state index contributed by atoms with van der Waals surface area (Å²) in [5.41, 5.74) is 0. The molecule has 2 heterocycles. The van der Waals surface area contributed by atoms with E-state index in [9.17, 15) is 29.1 Å². The Hall–Kier alpha value is -0.510. The lowest BCUT2D eigenvalue weighted by Crippen LogP contribution is -2.29. The van der Waals surface area contributed by atoms with E-state index < -0.39 is 17.9 Å². The number of carboxylic acid groups (broad SMARTS) is 2. The average molecular weight is 963 g/mol. The van der Waals surface area contributed by atoms with Gasteiger partial charge in [0.2, 0.25) is 11.8 Å². The highest BCUT2D eigenvalue weighted by Gasteiger charge is 2.53. The number of carboxylic acids is 2. The molecule has 1 atom stereocenters. The fourth-order valence-electron chi connectivity index (χ4n) is 6.23. The Bertz CT molecular complexity index is 1170. The first kappa shape index (κ1) is 55.6. The summed E-state index contributed by atoms with van der Waals surface area (Å²) in [6.45, 7) is 2.96. The maximum absolute atomic E-state index is 12.1. The number of rotatable bonds is 43. The molecule has 60 heavy (non-hydrogen) atoms. The largest absolute Gasteiger partial charge is 0.481 e. The van der Waals surface area contributed by atoms with E-state index in [1.807, 2.05) is 21.6 Å². The Balaban J connectivity index is 0.0000186. The first-order valence-corrected chi connectivity index (χ1v) is 28.6. The van der Waals surface area contributed by atoms with Gasteiger partial charge >= 0.3 is 11.9 Å². The van der Waals surface area contributed by atoms with Gasteiger partial charge in [-0.2, -0.15) is 0 Å². The van der Waals surface area contributed by atoms with E-state index >= 15 is 0 Å². The van der Waals surface area contributed by atoms with Crippen LogP contribution in [0.2, 0.25) is 0 Å². The van der Waals surface area contributed by atoms with Crippen LogP contribution >= 0.6 is 64.8 Å². The van der Waals surface area contributed by atoms with Crippen LogP contribution < -0.4 is 10.6 Å². The molecule has 2 fully saturated rings. The van der Waals surface area contributed by atoms with E-state index in [4.69, 9.17) is 24.1 Å². The van der Waals surface area contributed by atoms with E-state index in [1.54, 1.807) is 43.2 Å². The van der Waals surface area contributed by atoms with E-state index in [1.165, 1.54) is 70.6 Å². The SMILES string of the molecule is O=C(O)CCCCCCCCCCCCCCCCCCC(=O)NCCOCCOCC(=O)CCCOCCOCC(=O)NCCCC[C@@H](C(=O)O)C1SSC2(SS1)SS2.[HH]. The van der Waals surface area contributed by atoms with Crippen LogP contribution in [0.5, 0.6) is 0 Å². The molecule has 0 bridgehead atoms. The van der Waals surface area contributed by atoms with Crippen molar-refractivity contribution in [3.8, 4) is 0 Å². The van der Waals surface area contributed by atoms with Crippen molar-refractivity contribution in [3.05, 3.63) is 0 Å². The Morgan fingerprint density at radius 2 is 1.00 bits per heavy atom. The number of aliphatic carboxylic acids is 2. The summed E-state index contributed by atoms with van der Waals surface area (Å²) < 4.78 is 21.9. The van der Waals surface area contributed by atoms with Crippen molar-refractivity contribution >= 4 is 94.3 Å². The lowest BCUT2D eigenvalue weighted by atomic mass is 10.0. The molecule has 0 aromatic carbocycles. The summed E-state index contributed by atoms with van der Waals surface area (Å²) in [6, 6.07) is 0. The zero-order valence-electron chi connectivity index (χ0n) is 35.5. The van der Waals surface area contributed by atoms with Gasteiger partial charge in [0.25, 0.3) is 0 Å². The van der Waals surface area contributed by atoms with Crippen molar-refractivity contribution in [1.82, 2.24) is 10.6 Å². The second kappa shape index (κ2) is 37.8. The Kier molecular flexibility index (Phi) is 35.1. The number of carbonyl (C=O) groups is 5. The Morgan fingerprint density at radius 1 is 0.500 bits per heavy atom. The minimum absolute atomic E-state index is 0. The summed E-state index contributed by atoms with van der Waals surface area (Å²) in [5.74, 6) is -2.01. The molecular weight excluding hydrogens is 889 g/mol. The number of hydrogen-bond acceptors (Lipinski definition) is 15. The highest BCUT2D eigenvalue weighted by atomic mass is 33.2. The number of carbonyl (C=O) groups excluding carboxylic acids is 3. The van der Waals surface area contributed by atoms with Crippen molar-refractivity contribution in [3.63, 3.8) is 0 Å². The van der Waals surface area contributed by atoms with Crippen LogP contribution in [0.15, 0.2) is 0 Å². The van der Waals surface area contributed by atoms with Crippen LogP contribution in [-0.4, -0.2) is 113 Å². The molecule has 0 aliphatic carbocycles. The highest BCUT2D eigenvalue weighted by Crippen LogP contribution is 2.84. The minimum Gasteiger partial charge on any atom is -0.481 e. The summed E-state index contributed by atoms with van der Waals surface area (Å²) in [4.78, 5) is 58.4. The molecule has 0 unspecified atom stereocenters. The van der Waals surface area contributed by atoms with Gasteiger partial charge in [0.05, 0.1) is 43.5 Å². The lowest BCUT2D eigenvalue weighted by Gasteiger charge is -2.27. The Labute approximate surface area is 384 Å². The summed E-state index contributed by atoms with van der Waals surface area (Å²) >= 11 is 0. The van der Waals surface area contributed by atoms with Gasteiger partial charge in [-0.05, 0) is 53.7 Å². The van der Waals surface area contributed by atoms with Gasteiger partial charge in [0, 0.05) is 40.4 Å². The number of ether oxygens (including phenoxy) is 4. The first-order chi connectivity index (χ1) is 29.2. The zero-order valence-corrected chi connectivity index (χ0v) is 40.4. The zero-order chi connectivity index (χ0) is 43.4. The average Bonchev–Trinajstić information content (AvgIpc) is 3.99. The quantitative estimate of drug-likeness (QED) is 0.0257. The molecule has 0 aromatic rings. The van der Waals surface area contributed by atoms with Crippen LogP contribution in [0.4, 0.5) is 0 Å². The predicted molar refractivity (Wildman–Crippen MR) is 253 cm³/mol. The van der Waals surface area contributed by atoms with E-state index in [0.717, 1.165) is 38.5 Å². The molecule has 350 valence electrons. The standard InChI is InChI=1S/C41H72N2O11S6.H2/c44-34(20-19-26-51-28-31-54-33-37(46)42-24-18-17-21-35(39(49)50)40-55-57-41(58-56-40)59-60-41)32-53-30-29-52-27-25-43-36(45)22-15-13-11-9-7-5-3-1-2-4-6-8-10-12-14-16-23-38(47)48;/h35,40H,1-33H2,(H,42,46)(H,43,45)(H,47,48)(H,49,50);1H/t35-;/m0./s1. The minimum atomic E-state index is -0.758. The molecule has 2 aliphatic heterocycles. The van der Waals surface area contributed by atoms with Gasteiger partial charge in [-0.1, -0.05) is 139 Å². The number of unbranched alkanes of at least 4 members (excludes halogenated alkanes) is 16. The van der Waals surface area contributed by atoms with Gasteiger partial charge in [-0.15, -0.1) is 0 Å². The Morgan fingerprint density at radius 3 is 1.55 bits per heavy atom. The molecule has 2 saturated heterocycles. The van der Waals surface area contributed by atoms with Crippen molar-refractivity contribution < 1.29 is 54.6 Å². The third kappa shape index (κ3) is 32.2. The van der Waals surface area contributed by atoms with Crippen LogP contribution in [-0.2, 0) is 42.9 Å². The topological polar surface area (TPSA) is 187 Å². The molecule has 0 saturated carbocycles. The van der Waals surface area contributed by atoms with Gasteiger partial charge in [0.15, 0.2) is 8.53 Å². The molecule has 2 aliphatic rings. The number of amides is 2. The number of hydrogen-bond donors (Lipinski definition) is 4. The lowest BCUT2D eigenvalue weighted by molar-refractivity contribution is -0.141. The maximum atomic E-state index is 12.1. The van der Waals surface area contributed by atoms with E-state index in [2.05, 4.69) is 10.6 Å². The van der Waals surface area contributed by atoms with E-state index in [0.29, 0.717) is 84.6 Å². The fraction of sp³-hybridized carbons (Fsp3) is 0.878. The summed E-state index contributed by atoms with van der Waals surface area (Å²) in [6.07, 6.45) is 22.8. The normalized spacial score (nSPS) is 15.2. The predicted octanol–water partition coefficient (Wildman–Crippen LogP) is 9.97. The smallest absolute Gasteiger partial charge is 0.308 e. The van der Waals surface area contributed by atoms with Crippen LogP contribution in [0.1, 0.15) is 149 Å². The first-order valence-electron chi connectivity index (χ1n) is 22.1. The third-order valence-electron chi connectivity index (χ3n) is 9.72. The molecule has 0 radical (unpaired) electrons. The monoisotopic (exact) mass is 962 g/mol. The van der Waals surface area contributed by atoms with Crippen LogP contribution in [0.3, 0.4) is 0 Å². The van der Waals surface area contributed by atoms with Gasteiger partial charge < -0.3 is 39.8 Å². The number of nitrogens with one attached hydrogen (secondary N) is 2. The van der Waals surface area contributed by atoms with E-state index in [-0.39, 0.29) is 46.2 Å². The molecule has 4 N–H and O–H groups in total. The molecule has 13 nitrogen and oxygen atoms in total. The van der Waals surface area contributed by atoms with Gasteiger partial charge in [-0.3, -0.25) is 24.0 Å². The van der Waals surface area contributed by atoms with Crippen molar-refractivity contribution in [1.29, 1.82) is 0 Å². The second-order valence-corrected chi connectivity index (χ2v) is 24.6. The maximum Gasteiger partial charge on any atom is 0.308 e. The molecule has 2 amide bonds. The highest BCUT2D eigenvalue weighted by molar-refractivity contribution is 9.14. The molecule has 0 aromatic heterocycles. The van der Waals surface area contributed by atoms with Crippen LogP contribution in [0.25, 0.3) is 0 Å². The van der Waals surface area contributed by atoms with Gasteiger partial charge in [-0.25, -0.2) is 0 Å². The molecule has 2 rings (SSSR count). The van der Waals surface area contributed by atoms with Crippen molar-refractivity contribution in [2.45, 2.75) is 155 Å². The molecule has 19 heteroatoms. The number of Topliss-reactive ketones (excluding diaryl/α,β-unsaturated/α-hetero) is 1. The van der Waals surface area contributed by atoms with Crippen molar-refractivity contribution in [2.24, 2.45) is 5.92 Å². The second-order valence-electron chi connectivity index (χ2n) is 15.1. The number of ketones is 1. The third-order valence-corrected chi connectivity index (χ3v) is 23.6. The summed E-state index contributed by atoms with van der Waals surface area (Å²) in [5, 5.41) is 24.0. The summed E-state index contributed by atoms with van der Waals surface area (Å²) in [7, 11) is 10.5. The molecular formula is C41H74N2O11S6.